The third-order valence-electron chi connectivity index (χ3n) is 8.38. The van der Waals surface area contributed by atoms with Crippen LogP contribution < -0.4 is 5.43 Å². The van der Waals surface area contributed by atoms with Crippen LogP contribution in [0.3, 0.4) is 0 Å². The van der Waals surface area contributed by atoms with Gasteiger partial charge in [-0.1, -0.05) is 13.8 Å². The zero-order chi connectivity index (χ0) is 24.9. The summed E-state index contributed by atoms with van der Waals surface area (Å²) in [6, 6.07) is 0.144. The summed E-state index contributed by atoms with van der Waals surface area (Å²) >= 11 is 0. The van der Waals surface area contributed by atoms with Crippen LogP contribution in [0.5, 0.6) is 0 Å². The molecule has 10 heteroatoms. The molecule has 34 heavy (non-hydrogen) atoms. The Labute approximate surface area is 205 Å². The number of rotatable bonds is 7. The monoisotopic (exact) mass is 503 g/mol. The van der Waals surface area contributed by atoms with Crippen LogP contribution in [0.1, 0.15) is 65.2 Å². The summed E-state index contributed by atoms with van der Waals surface area (Å²) in [5.41, 5.74) is 3.37. The molecule has 0 radical (unpaired) electrons. The summed E-state index contributed by atoms with van der Waals surface area (Å²) in [6.07, 6.45) is 5.87. The summed E-state index contributed by atoms with van der Waals surface area (Å²) in [6.45, 7) is 6.55. The topological polar surface area (TPSA) is 108 Å². The molecular formula is C24H45N3O6S. The molecule has 0 aromatic rings. The van der Waals surface area contributed by atoms with Gasteiger partial charge in [-0.15, -0.1) is 0 Å². The maximum absolute atomic E-state index is 13.8. The number of piperidine rings is 2. The van der Waals surface area contributed by atoms with Crippen LogP contribution in [0, 0.1) is 17.8 Å². The first kappa shape index (κ1) is 27.8. The van der Waals surface area contributed by atoms with E-state index in [-0.39, 0.29) is 42.4 Å². The number of carboxylic acid groups (broad SMARTS) is 1. The highest BCUT2D eigenvalue weighted by Gasteiger charge is 2.50. The molecular weight excluding hydrogens is 458 g/mol. The predicted octanol–water partition coefficient (Wildman–Crippen LogP) is 2.33. The molecule has 3 aliphatic heterocycles. The molecule has 3 heterocycles. The normalized spacial score (nSPS) is 35.9. The van der Waals surface area contributed by atoms with Gasteiger partial charge >= 0.3 is 5.97 Å². The third kappa shape index (κ3) is 5.95. The number of nitrogens with one attached hydrogen (secondary N) is 1. The number of nitrogens with zero attached hydrogens (tertiary/aromatic N) is 2. The lowest BCUT2D eigenvalue weighted by atomic mass is 9.71. The molecule has 6 atom stereocenters. The van der Waals surface area contributed by atoms with Gasteiger partial charge in [-0.3, -0.25) is 10.2 Å². The molecule has 6 unspecified atom stereocenters. The highest BCUT2D eigenvalue weighted by atomic mass is 32.2. The molecule has 3 saturated heterocycles. The average Bonchev–Trinajstić information content (AvgIpc) is 3.26. The first-order chi connectivity index (χ1) is 16.3. The number of hydrazine groups is 1. The first-order valence-corrected chi connectivity index (χ1v) is 14.6. The molecule has 198 valence electrons. The van der Waals surface area contributed by atoms with Crippen molar-refractivity contribution in [2.45, 2.75) is 88.7 Å². The van der Waals surface area contributed by atoms with Crippen molar-refractivity contribution in [2.24, 2.45) is 17.8 Å². The van der Waals surface area contributed by atoms with Gasteiger partial charge < -0.3 is 14.6 Å². The molecule has 0 aromatic heterocycles. The highest BCUT2D eigenvalue weighted by Crippen LogP contribution is 2.44. The van der Waals surface area contributed by atoms with E-state index in [1.807, 2.05) is 13.8 Å². The minimum atomic E-state index is -3.44. The van der Waals surface area contributed by atoms with E-state index in [0.29, 0.717) is 26.1 Å². The number of carboxylic acids is 1. The standard InChI is InChI=1S/C22H39N3O6S.C2H6/c1-30-17-7-9-24(10-8-17)32(28,29)20-5-3-4-19(31-2)22(20)15-6-11-25-18(12-15)16(14-23-25)13-21(26)27;1-2/h15-20,22-23H,3-14H2,1-2H3,(H,26,27);1-2H3. The van der Waals surface area contributed by atoms with Crippen LogP contribution >= 0.6 is 0 Å². The first-order valence-electron chi connectivity index (χ1n) is 13.1. The van der Waals surface area contributed by atoms with E-state index in [9.17, 15) is 18.3 Å². The smallest absolute Gasteiger partial charge is 0.303 e. The highest BCUT2D eigenvalue weighted by molar-refractivity contribution is 7.89. The average molecular weight is 504 g/mol. The van der Waals surface area contributed by atoms with Gasteiger partial charge in [0.05, 0.1) is 23.9 Å². The van der Waals surface area contributed by atoms with Crippen molar-refractivity contribution in [1.82, 2.24) is 14.7 Å². The molecule has 0 bridgehead atoms. The Morgan fingerprint density at radius 3 is 2.35 bits per heavy atom. The van der Waals surface area contributed by atoms with Crippen LogP contribution in [0.2, 0.25) is 0 Å². The van der Waals surface area contributed by atoms with Crippen LogP contribution in [-0.4, -0.2) is 92.7 Å². The summed E-state index contributed by atoms with van der Waals surface area (Å²) < 4.78 is 40.6. The maximum atomic E-state index is 13.8. The van der Waals surface area contributed by atoms with Gasteiger partial charge in [0.2, 0.25) is 10.0 Å². The van der Waals surface area contributed by atoms with E-state index in [2.05, 4.69) is 10.4 Å². The van der Waals surface area contributed by atoms with Crippen LogP contribution in [0.4, 0.5) is 0 Å². The lowest BCUT2D eigenvalue weighted by Gasteiger charge is -2.47. The van der Waals surface area contributed by atoms with Gasteiger partial charge in [0.15, 0.2) is 0 Å². The molecule has 0 amide bonds. The second kappa shape index (κ2) is 12.5. The van der Waals surface area contributed by atoms with Gasteiger partial charge in [0.1, 0.15) is 0 Å². The quantitative estimate of drug-likeness (QED) is 0.545. The van der Waals surface area contributed by atoms with Crippen molar-refractivity contribution in [1.29, 1.82) is 0 Å². The van der Waals surface area contributed by atoms with Crippen molar-refractivity contribution in [3.8, 4) is 0 Å². The summed E-state index contributed by atoms with van der Waals surface area (Å²) in [4.78, 5) is 11.4. The fourth-order valence-electron chi connectivity index (χ4n) is 6.71. The van der Waals surface area contributed by atoms with Crippen LogP contribution in [0.15, 0.2) is 0 Å². The van der Waals surface area contributed by atoms with Crippen molar-refractivity contribution < 1.29 is 27.8 Å². The second-order valence-corrected chi connectivity index (χ2v) is 12.1. The van der Waals surface area contributed by atoms with Gasteiger partial charge in [-0.25, -0.2) is 17.7 Å². The van der Waals surface area contributed by atoms with Crippen molar-refractivity contribution >= 4 is 16.0 Å². The zero-order valence-corrected chi connectivity index (χ0v) is 22.1. The van der Waals surface area contributed by atoms with Crippen molar-refractivity contribution in [2.75, 3.05) is 40.4 Å². The third-order valence-corrected chi connectivity index (χ3v) is 10.8. The number of methoxy groups -OCH3 is 2. The molecule has 9 nitrogen and oxygen atoms in total. The van der Waals surface area contributed by atoms with Crippen molar-refractivity contribution in [3.63, 3.8) is 0 Å². The Morgan fingerprint density at radius 1 is 1.03 bits per heavy atom. The van der Waals surface area contributed by atoms with E-state index in [0.717, 1.165) is 45.1 Å². The SMILES string of the molecule is CC.COC1CCN(S(=O)(=O)C2CCCC(OC)C2C2CCN3NCC(CC(=O)O)C3C2)CC1. The summed E-state index contributed by atoms with van der Waals surface area (Å²) in [5.74, 6) is -0.544. The maximum Gasteiger partial charge on any atom is 0.303 e. The number of aliphatic carboxylic acids is 1. The Kier molecular flexibility index (Phi) is 10.2. The Morgan fingerprint density at radius 2 is 1.74 bits per heavy atom. The molecule has 1 saturated carbocycles. The van der Waals surface area contributed by atoms with E-state index in [4.69, 9.17) is 9.47 Å². The van der Waals surface area contributed by atoms with Gasteiger partial charge in [0.25, 0.3) is 0 Å². The number of sulfonamides is 1. The van der Waals surface area contributed by atoms with E-state index >= 15 is 0 Å². The minimum Gasteiger partial charge on any atom is -0.481 e. The van der Waals surface area contributed by atoms with Gasteiger partial charge in [-0.2, -0.15) is 0 Å². The zero-order valence-electron chi connectivity index (χ0n) is 21.3. The summed E-state index contributed by atoms with van der Waals surface area (Å²) in [7, 11) is -0.0423. The second-order valence-electron chi connectivity index (χ2n) is 9.97. The minimum absolute atomic E-state index is 0.0490. The molecule has 4 fully saturated rings. The molecule has 1 aliphatic carbocycles. The van der Waals surface area contributed by atoms with E-state index in [1.165, 1.54) is 0 Å². The molecule has 0 spiro atoms. The van der Waals surface area contributed by atoms with Crippen LogP contribution in [0.25, 0.3) is 0 Å². The van der Waals surface area contributed by atoms with Gasteiger partial charge in [-0.05, 0) is 50.9 Å². The fourth-order valence-corrected chi connectivity index (χ4v) is 9.07. The Balaban J connectivity index is 0.00000158. The molecule has 0 aromatic carbocycles. The van der Waals surface area contributed by atoms with Gasteiger partial charge in [0, 0.05) is 58.3 Å². The predicted molar refractivity (Wildman–Crippen MR) is 131 cm³/mol. The van der Waals surface area contributed by atoms with E-state index in [1.54, 1.807) is 18.5 Å². The Hall–Kier alpha value is -0.780. The molecule has 4 rings (SSSR count). The summed E-state index contributed by atoms with van der Waals surface area (Å²) in [5, 5.41) is 11.1. The largest absolute Gasteiger partial charge is 0.481 e. The number of ether oxygens (including phenoxy) is 2. The fraction of sp³-hybridized carbons (Fsp3) is 0.958. The number of hydrogen-bond acceptors (Lipinski definition) is 7. The Bertz CT molecular complexity index is 758. The van der Waals surface area contributed by atoms with Crippen molar-refractivity contribution in [3.05, 3.63) is 0 Å². The number of hydrogen-bond donors (Lipinski definition) is 2. The lowest BCUT2D eigenvalue weighted by Crippen LogP contribution is -2.55. The van der Waals surface area contributed by atoms with E-state index < -0.39 is 21.2 Å². The molecule has 2 N–H and O–H groups in total. The molecule has 4 aliphatic rings. The number of carbonyl (C=O) groups is 1. The number of fused-ring (bicyclic) bond motifs is 1. The lowest BCUT2D eigenvalue weighted by molar-refractivity contribution is -0.138. The van der Waals surface area contributed by atoms with Crippen LogP contribution in [-0.2, 0) is 24.3 Å².